The Morgan fingerprint density at radius 2 is 1.73 bits per heavy atom. The summed E-state index contributed by atoms with van der Waals surface area (Å²) in [6, 6.07) is 11.3. The quantitative estimate of drug-likeness (QED) is 0.800. The fourth-order valence-electron chi connectivity index (χ4n) is 1.23. The predicted molar refractivity (Wildman–Crippen MR) is 60.5 cm³/mol. The van der Waals surface area contributed by atoms with Crippen LogP contribution >= 0.6 is 0 Å². The standard InChI is InChI=1S/C12H11N3/c13-11(12-6-2-4-8-15-12)9-10-5-1-3-7-14-10/h1-9H,13H2/b11-9-. The monoisotopic (exact) mass is 197 g/mol. The smallest absolute Gasteiger partial charge is 0.0859 e. The maximum Gasteiger partial charge on any atom is 0.0859 e. The SMILES string of the molecule is N/C(=C\c1ccccn1)c1ccccn1. The highest BCUT2D eigenvalue weighted by molar-refractivity contribution is 5.76. The number of hydrogen-bond donors (Lipinski definition) is 1. The fourth-order valence-corrected chi connectivity index (χ4v) is 1.23. The van der Waals surface area contributed by atoms with Gasteiger partial charge in [0.25, 0.3) is 0 Å². The van der Waals surface area contributed by atoms with Gasteiger partial charge in [-0.1, -0.05) is 12.1 Å². The summed E-state index contributed by atoms with van der Waals surface area (Å²) in [5.41, 5.74) is 8.11. The third kappa shape index (κ3) is 2.40. The van der Waals surface area contributed by atoms with Crippen LogP contribution in [0, 0.1) is 0 Å². The molecule has 0 spiro atoms. The molecule has 2 rings (SSSR count). The molecular formula is C12H11N3. The second-order valence-electron chi connectivity index (χ2n) is 3.07. The molecule has 0 radical (unpaired) electrons. The number of hydrogen-bond acceptors (Lipinski definition) is 3. The highest BCUT2D eigenvalue weighted by Crippen LogP contribution is 2.08. The number of pyridine rings is 2. The lowest BCUT2D eigenvalue weighted by atomic mass is 10.2. The van der Waals surface area contributed by atoms with Crippen LogP contribution in [0.25, 0.3) is 11.8 Å². The van der Waals surface area contributed by atoms with Gasteiger partial charge >= 0.3 is 0 Å². The van der Waals surface area contributed by atoms with Gasteiger partial charge in [0, 0.05) is 12.4 Å². The molecular weight excluding hydrogens is 186 g/mol. The first-order valence-corrected chi connectivity index (χ1v) is 4.66. The van der Waals surface area contributed by atoms with E-state index in [-0.39, 0.29) is 0 Å². The number of nitrogens with zero attached hydrogens (tertiary/aromatic N) is 2. The summed E-state index contributed by atoms with van der Waals surface area (Å²) in [6.07, 6.45) is 5.26. The van der Waals surface area contributed by atoms with E-state index in [1.54, 1.807) is 12.4 Å². The third-order valence-corrected chi connectivity index (χ3v) is 1.95. The summed E-state index contributed by atoms with van der Waals surface area (Å²) in [5, 5.41) is 0. The molecule has 15 heavy (non-hydrogen) atoms. The molecule has 2 N–H and O–H groups in total. The Morgan fingerprint density at radius 1 is 1.00 bits per heavy atom. The van der Waals surface area contributed by atoms with Gasteiger partial charge in [0.2, 0.25) is 0 Å². The van der Waals surface area contributed by atoms with Crippen LogP contribution in [0.5, 0.6) is 0 Å². The Morgan fingerprint density at radius 3 is 2.33 bits per heavy atom. The van der Waals surface area contributed by atoms with E-state index in [4.69, 9.17) is 5.73 Å². The zero-order valence-electron chi connectivity index (χ0n) is 8.17. The molecule has 0 aliphatic rings. The predicted octanol–water partition coefficient (Wildman–Crippen LogP) is 1.93. The maximum atomic E-state index is 5.89. The molecule has 2 aromatic heterocycles. The van der Waals surface area contributed by atoms with Gasteiger partial charge in [0.05, 0.1) is 17.1 Å². The van der Waals surface area contributed by atoms with Gasteiger partial charge in [-0.25, -0.2) is 0 Å². The molecule has 0 saturated heterocycles. The molecule has 0 aliphatic carbocycles. The molecule has 74 valence electrons. The number of nitrogens with two attached hydrogens (primary N) is 1. The average Bonchev–Trinajstić information content (AvgIpc) is 2.31. The highest BCUT2D eigenvalue weighted by atomic mass is 14.7. The molecule has 0 saturated carbocycles. The van der Waals surface area contributed by atoms with Gasteiger partial charge in [0.15, 0.2) is 0 Å². The summed E-state index contributed by atoms with van der Waals surface area (Å²) in [5.74, 6) is 0. The summed E-state index contributed by atoms with van der Waals surface area (Å²) < 4.78 is 0. The highest BCUT2D eigenvalue weighted by Gasteiger charge is 1.96. The normalized spacial score (nSPS) is 11.3. The second kappa shape index (κ2) is 4.37. The van der Waals surface area contributed by atoms with Crippen LogP contribution < -0.4 is 5.73 Å². The van der Waals surface area contributed by atoms with E-state index < -0.39 is 0 Å². The molecule has 0 atom stereocenters. The number of rotatable bonds is 2. The van der Waals surface area contributed by atoms with Crippen LogP contribution in [0.3, 0.4) is 0 Å². The van der Waals surface area contributed by atoms with Gasteiger partial charge < -0.3 is 5.73 Å². The lowest BCUT2D eigenvalue weighted by Gasteiger charge is -1.99. The zero-order valence-corrected chi connectivity index (χ0v) is 8.17. The van der Waals surface area contributed by atoms with E-state index in [0.717, 1.165) is 11.4 Å². The lowest BCUT2D eigenvalue weighted by Crippen LogP contribution is -1.98. The van der Waals surface area contributed by atoms with Crippen molar-refractivity contribution in [2.75, 3.05) is 0 Å². The van der Waals surface area contributed by atoms with Gasteiger partial charge in [0.1, 0.15) is 0 Å². The Bertz CT molecular complexity index is 449. The minimum Gasteiger partial charge on any atom is -0.397 e. The van der Waals surface area contributed by atoms with Crippen molar-refractivity contribution in [1.29, 1.82) is 0 Å². The molecule has 2 aromatic rings. The maximum absolute atomic E-state index is 5.89. The Hall–Kier alpha value is -2.16. The Kier molecular flexibility index (Phi) is 2.74. The van der Waals surface area contributed by atoms with Gasteiger partial charge in [-0.2, -0.15) is 0 Å². The van der Waals surface area contributed by atoms with Crippen LogP contribution in [-0.2, 0) is 0 Å². The number of aromatic nitrogens is 2. The van der Waals surface area contributed by atoms with E-state index in [1.165, 1.54) is 0 Å². The first-order chi connectivity index (χ1) is 7.36. The third-order valence-electron chi connectivity index (χ3n) is 1.95. The Labute approximate surface area is 88.3 Å². The molecule has 0 fully saturated rings. The summed E-state index contributed by atoms with van der Waals surface area (Å²) in [4.78, 5) is 8.31. The van der Waals surface area contributed by atoms with E-state index >= 15 is 0 Å². The Balaban J connectivity index is 2.29. The topological polar surface area (TPSA) is 51.8 Å². The van der Waals surface area contributed by atoms with Gasteiger partial charge in [-0.3, -0.25) is 9.97 Å². The zero-order chi connectivity index (χ0) is 10.5. The average molecular weight is 197 g/mol. The molecule has 3 nitrogen and oxygen atoms in total. The molecule has 0 aliphatic heterocycles. The minimum absolute atomic E-state index is 0.620. The van der Waals surface area contributed by atoms with Crippen molar-refractivity contribution in [2.45, 2.75) is 0 Å². The molecule has 3 heteroatoms. The van der Waals surface area contributed by atoms with Crippen LogP contribution in [-0.4, -0.2) is 9.97 Å². The van der Waals surface area contributed by atoms with Crippen LogP contribution in [0.2, 0.25) is 0 Å². The molecule has 0 aromatic carbocycles. The lowest BCUT2D eigenvalue weighted by molar-refractivity contribution is 1.25. The fraction of sp³-hybridized carbons (Fsp3) is 0. The molecule has 2 heterocycles. The van der Waals surface area contributed by atoms with E-state index in [2.05, 4.69) is 9.97 Å². The van der Waals surface area contributed by atoms with Crippen molar-refractivity contribution >= 4 is 11.8 Å². The van der Waals surface area contributed by atoms with Crippen molar-refractivity contribution in [3.8, 4) is 0 Å². The first-order valence-electron chi connectivity index (χ1n) is 4.66. The van der Waals surface area contributed by atoms with Gasteiger partial charge in [-0.15, -0.1) is 0 Å². The van der Waals surface area contributed by atoms with Gasteiger partial charge in [-0.05, 0) is 30.3 Å². The molecule has 0 amide bonds. The second-order valence-corrected chi connectivity index (χ2v) is 3.07. The van der Waals surface area contributed by atoms with Crippen molar-refractivity contribution in [3.05, 3.63) is 60.2 Å². The van der Waals surface area contributed by atoms with Crippen molar-refractivity contribution in [3.63, 3.8) is 0 Å². The summed E-state index contributed by atoms with van der Waals surface area (Å²) in [7, 11) is 0. The first kappa shape index (κ1) is 9.40. The molecule has 0 unspecified atom stereocenters. The summed E-state index contributed by atoms with van der Waals surface area (Å²) >= 11 is 0. The largest absolute Gasteiger partial charge is 0.397 e. The van der Waals surface area contributed by atoms with Crippen LogP contribution in [0.15, 0.2) is 48.8 Å². The van der Waals surface area contributed by atoms with E-state index in [9.17, 15) is 0 Å². The summed E-state index contributed by atoms with van der Waals surface area (Å²) in [6.45, 7) is 0. The van der Waals surface area contributed by atoms with E-state index in [1.807, 2.05) is 42.5 Å². The van der Waals surface area contributed by atoms with E-state index in [0.29, 0.717) is 5.70 Å². The van der Waals surface area contributed by atoms with Crippen LogP contribution in [0.4, 0.5) is 0 Å². The molecule has 0 bridgehead atoms. The minimum atomic E-state index is 0.620. The van der Waals surface area contributed by atoms with Crippen molar-refractivity contribution < 1.29 is 0 Å². The van der Waals surface area contributed by atoms with Crippen molar-refractivity contribution in [1.82, 2.24) is 9.97 Å². The van der Waals surface area contributed by atoms with Crippen molar-refractivity contribution in [2.24, 2.45) is 5.73 Å². The van der Waals surface area contributed by atoms with Crippen LogP contribution in [0.1, 0.15) is 11.4 Å².